The van der Waals surface area contributed by atoms with Crippen LogP contribution in [0.15, 0.2) is 15.3 Å². The minimum atomic E-state index is -1.60. The van der Waals surface area contributed by atoms with Crippen LogP contribution >= 0.6 is 0 Å². The first-order chi connectivity index (χ1) is 14.1. The average molecular weight is 424 g/mol. The van der Waals surface area contributed by atoms with Gasteiger partial charge in [-0.25, -0.2) is 0 Å². The maximum absolute atomic E-state index is 12.3. The number of esters is 1. The van der Waals surface area contributed by atoms with Crippen LogP contribution in [0.1, 0.15) is 23.8 Å². The first kappa shape index (κ1) is 22.0. The minimum absolute atomic E-state index is 0.00672. The van der Waals surface area contributed by atoms with Crippen LogP contribution in [-0.4, -0.2) is 63.7 Å². The summed E-state index contributed by atoms with van der Waals surface area (Å²) in [5, 5.41) is 40.5. The fourth-order valence-corrected chi connectivity index (χ4v) is 3.54. The number of fused-ring (bicyclic) bond motifs is 1. The molecule has 5 atom stereocenters. The normalized spacial score (nSPS) is 26.6. The van der Waals surface area contributed by atoms with Crippen LogP contribution in [-0.2, 0) is 14.3 Å². The highest BCUT2D eigenvalue weighted by Gasteiger charge is 2.48. The maximum Gasteiger partial charge on any atom is 0.303 e. The zero-order valence-corrected chi connectivity index (χ0v) is 16.9. The second-order valence-electron chi connectivity index (χ2n) is 7.25. The monoisotopic (exact) mass is 424 g/mol. The molecule has 1 fully saturated rings. The van der Waals surface area contributed by atoms with Gasteiger partial charge in [-0.15, -0.1) is 0 Å². The summed E-state index contributed by atoms with van der Waals surface area (Å²) in [5.74, 6) is -0.688. The van der Waals surface area contributed by atoms with Gasteiger partial charge in [-0.1, -0.05) is 0 Å². The number of hydrogen-bond acceptors (Lipinski definition) is 10. The van der Waals surface area contributed by atoms with E-state index in [1.807, 2.05) is 0 Å². The van der Waals surface area contributed by atoms with E-state index < -0.39 is 48.7 Å². The van der Waals surface area contributed by atoms with Gasteiger partial charge in [0.1, 0.15) is 46.5 Å². The number of ether oxygens (including phenoxy) is 3. The lowest BCUT2D eigenvalue weighted by Crippen LogP contribution is -2.61. The van der Waals surface area contributed by atoms with Crippen molar-refractivity contribution < 1.29 is 43.8 Å². The third-order valence-corrected chi connectivity index (χ3v) is 5.05. The topological polar surface area (TPSA) is 156 Å². The maximum atomic E-state index is 12.3. The molecule has 1 saturated heterocycles. The summed E-state index contributed by atoms with van der Waals surface area (Å²) >= 11 is 0. The highest BCUT2D eigenvalue weighted by Crippen LogP contribution is 2.40. The van der Waals surface area contributed by atoms with Crippen molar-refractivity contribution in [1.29, 1.82) is 0 Å². The second-order valence-corrected chi connectivity index (χ2v) is 7.25. The van der Waals surface area contributed by atoms with Gasteiger partial charge in [0.05, 0.1) is 6.61 Å². The predicted octanol–water partition coefficient (Wildman–Crippen LogP) is 0.173. The van der Waals surface area contributed by atoms with Gasteiger partial charge in [0, 0.05) is 24.1 Å². The SMILES string of the molecule is CC(=O)O[C@H]1[C@@H](Oc2c(C)c(O)c3c(=O)cc(C)oc3c2C)O[C@H](CO)[C@@H](O)[C@@H]1O. The average Bonchev–Trinajstić information content (AvgIpc) is 2.67. The molecule has 10 nitrogen and oxygen atoms in total. The molecule has 0 aliphatic carbocycles. The van der Waals surface area contributed by atoms with Gasteiger partial charge in [0.25, 0.3) is 0 Å². The van der Waals surface area contributed by atoms with Crippen LogP contribution in [0.4, 0.5) is 0 Å². The lowest BCUT2D eigenvalue weighted by atomic mass is 9.98. The van der Waals surface area contributed by atoms with E-state index in [4.69, 9.17) is 18.6 Å². The molecular weight excluding hydrogens is 400 g/mol. The van der Waals surface area contributed by atoms with Crippen molar-refractivity contribution >= 4 is 16.9 Å². The molecule has 0 unspecified atom stereocenters. The van der Waals surface area contributed by atoms with Gasteiger partial charge in [-0.2, -0.15) is 0 Å². The second kappa shape index (κ2) is 8.23. The number of aryl methyl sites for hydroxylation is 2. The molecule has 1 aliphatic rings. The van der Waals surface area contributed by atoms with Crippen molar-refractivity contribution in [2.75, 3.05) is 6.61 Å². The summed E-state index contributed by atoms with van der Waals surface area (Å²) in [6.45, 7) is 5.19. The Labute approximate surface area is 171 Å². The largest absolute Gasteiger partial charge is 0.507 e. The van der Waals surface area contributed by atoms with Crippen LogP contribution in [0.25, 0.3) is 11.0 Å². The van der Waals surface area contributed by atoms with Crippen LogP contribution in [0.3, 0.4) is 0 Å². The smallest absolute Gasteiger partial charge is 0.303 e. The summed E-state index contributed by atoms with van der Waals surface area (Å²) in [5.41, 5.74) is 0.252. The molecule has 164 valence electrons. The number of aliphatic hydroxyl groups excluding tert-OH is 3. The molecule has 0 saturated carbocycles. The molecule has 1 aromatic carbocycles. The lowest BCUT2D eigenvalue weighted by Gasteiger charge is -2.41. The van der Waals surface area contributed by atoms with Crippen LogP contribution in [0.2, 0.25) is 0 Å². The van der Waals surface area contributed by atoms with E-state index >= 15 is 0 Å². The summed E-state index contributed by atoms with van der Waals surface area (Å²) in [7, 11) is 0. The third-order valence-electron chi connectivity index (χ3n) is 5.05. The Morgan fingerprint density at radius 3 is 2.43 bits per heavy atom. The van der Waals surface area contributed by atoms with Crippen molar-refractivity contribution in [1.82, 2.24) is 0 Å². The molecule has 0 radical (unpaired) electrons. The van der Waals surface area contributed by atoms with E-state index in [0.29, 0.717) is 11.3 Å². The van der Waals surface area contributed by atoms with Gasteiger partial charge in [0.15, 0.2) is 11.5 Å². The number of carbonyl (C=O) groups excluding carboxylic acids is 1. The number of phenols is 1. The van der Waals surface area contributed by atoms with Gasteiger partial charge < -0.3 is 39.1 Å². The summed E-state index contributed by atoms with van der Waals surface area (Å²) < 4.78 is 22.0. The van der Waals surface area contributed by atoms with Gasteiger partial charge in [0.2, 0.25) is 6.29 Å². The summed E-state index contributed by atoms with van der Waals surface area (Å²) in [6.07, 6.45) is -7.16. The molecule has 10 heteroatoms. The molecule has 0 amide bonds. The Hall–Kier alpha value is -2.66. The molecule has 2 heterocycles. The Kier molecular flexibility index (Phi) is 6.04. The van der Waals surface area contributed by atoms with Crippen molar-refractivity contribution in [3.05, 3.63) is 33.2 Å². The van der Waals surface area contributed by atoms with Crippen molar-refractivity contribution in [3.8, 4) is 11.5 Å². The Bertz CT molecular complexity index is 1030. The fraction of sp³-hybridized carbons (Fsp3) is 0.500. The molecule has 30 heavy (non-hydrogen) atoms. The molecule has 2 aromatic rings. The Balaban J connectivity index is 2.11. The molecule has 3 rings (SSSR count). The molecule has 0 spiro atoms. The zero-order valence-electron chi connectivity index (χ0n) is 16.9. The van der Waals surface area contributed by atoms with Crippen LogP contribution in [0.5, 0.6) is 11.5 Å². The molecular formula is C20H24O10. The third kappa shape index (κ3) is 3.74. The standard InChI is InChI=1S/C20H24O10/c1-7-5-11(23)13-14(24)8(2)17(9(3)18(13)27-7)30-20-19(28-10(4)22)16(26)15(25)12(6-21)29-20/h5,12,15-16,19-21,24-26H,6H2,1-4H3/t12-,15-,16+,19-,20-/m1/s1. The molecule has 4 N–H and O–H groups in total. The summed E-state index contributed by atoms with van der Waals surface area (Å²) in [6, 6.07) is 1.26. The quantitative estimate of drug-likeness (QED) is 0.499. The van der Waals surface area contributed by atoms with E-state index in [-0.39, 0.29) is 28.0 Å². The van der Waals surface area contributed by atoms with Crippen LogP contribution < -0.4 is 10.2 Å². The number of hydrogen-bond donors (Lipinski definition) is 4. The molecule has 0 bridgehead atoms. The number of aliphatic hydroxyl groups is 3. The van der Waals surface area contributed by atoms with E-state index in [9.17, 15) is 30.0 Å². The van der Waals surface area contributed by atoms with Crippen molar-refractivity contribution in [3.63, 3.8) is 0 Å². The first-order valence-electron chi connectivity index (χ1n) is 9.29. The minimum Gasteiger partial charge on any atom is -0.507 e. The Morgan fingerprint density at radius 1 is 1.17 bits per heavy atom. The summed E-state index contributed by atoms with van der Waals surface area (Å²) in [4.78, 5) is 23.8. The first-order valence-corrected chi connectivity index (χ1v) is 9.29. The number of aromatic hydroxyl groups is 1. The van der Waals surface area contributed by atoms with E-state index in [2.05, 4.69) is 0 Å². The van der Waals surface area contributed by atoms with E-state index in [0.717, 1.165) is 6.92 Å². The number of benzene rings is 1. The molecule has 1 aliphatic heterocycles. The van der Waals surface area contributed by atoms with E-state index in [1.165, 1.54) is 13.0 Å². The lowest BCUT2D eigenvalue weighted by molar-refractivity contribution is -0.282. The van der Waals surface area contributed by atoms with Crippen molar-refractivity contribution in [2.45, 2.75) is 58.4 Å². The highest BCUT2D eigenvalue weighted by molar-refractivity contribution is 5.89. The number of carbonyl (C=O) groups is 1. The van der Waals surface area contributed by atoms with Crippen molar-refractivity contribution in [2.24, 2.45) is 0 Å². The Morgan fingerprint density at radius 2 is 1.83 bits per heavy atom. The molecule has 1 aromatic heterocycles. The predicted molar refractivity (Wildman–Crippen MR) is 102 cm³/mol. The van der Waals surface area contributed by atoms with Crippen LogP contribution in [0, 0.1) is 20.8 Å². The van der Waals surface area contributed by atoms with Gasteiger partial charge in [-0.3, -0.25) is 9.59 Å². The number of rotatable bonds is 4. The van der Waals surface area contributed by atoms with Gasteiger partial charge >= 0.3 is 5.97 Å². The number of phenolic OH excluding ortho intramolecular Hbond substituents is 1. The zero-order chi connectivity index (χ0) is 22.3. The van der Waals surface area contributed by atoms with E-state index in [1.54, 1.807) is 13.8 Å². The highest BCUT2D eigenvalue weighted by atomic mass is 16.7. The fourth-order valence-electron chi connectivity index (χ4n) is 3.54. The van der Waals surface area contributed by atoms with Gasteiger partial charge in [-0.05, 0) is 20.8 Å².